The van der Waals surface area contributed by atoms with Crippen LogP contribution in [0.2, 0.25) is 0 Å². The maximum atomic E-state index is 12.5. The van der Waals surface area contributed by atoms with Crippen molar-refractivity contribution in [2.24, 2.45) is 0 Å². The van der Waals surface area contributed by atoms with Gasteiger partial charge in [0.25, 0.3) is 5.91 Å². The molecule has 0 fully saturated rings. The summed E-state index contributed by atoms with van der Waals surface area (Å²) in [6.45, 7) is 0.497. The van der Waals surface area contributed by atoms with Gasteiger partial charge in [-0.2, -0.15) is 4.52 Å². The van der Waals surface area contributed by atoms with Crippen molar-refractivity contribution in [1.29, 1.82) is 0 Å². The molecule has 1 amide bonds. The number of benzene rings is 2. The number of ether oxygens (including phenoxy) is 4. The third-order valence-corrected chi connectivity index (χ3v) is 4.84. The molecule has 33 heavy (non-hydrogen) atoms. The minimum Gasteiger partial charge on any atom is -0.497 e. The van der Waals surface area contributed by atoms with Crippen LogP contribution in [-0.4, -0.2) is 60.2 Å². The summed E-state index contributed by atoms with van der Waals surface area (Å²) >= 11 is 0. The summed E-state index contributed by atoms with van der Waals surface area (Å²) in [5, 5.41) is 15.7. The zero-order valence-electron chi connectivity index (χ0n) is 18.4. The molecular weight excluding hydrogens is 426 g/mol. The number of hydrogen-bond acceptors (Lipinski definition) is 8. The Kier molecular flexibility index (Phi) is 6.53. The number of carbonyl (C=O) groups is 1. The van der Waals surface area contributed by atoms with Gasteiger partial charge >= 0.3 is 0 Å². The first kappa shape index (κ1) is 21.9. The summed E-state index contributed by atoms with van der Waals surface area (Å²) in [6, 6.07) is 15.9. The third kappa shape index (κ3) is 4.79. The average Bonchev–Trinajstić information content (AvgIpc) is 3.29. The monoisotopic (exact) mass is 449 g/mol. The van der Waals surface area contributed by atoms with E-state index < -0.39 is 0 Å². The molecule has 4 aromatic rings. The number of rotatable bonds is 9. The van der Waals surface area contributed by atoms with E-state index in [1.165, 1.54) is 14.2 Å². The van der Waals surface area contributed by atoms with E-state index in [0.717, 1.165) is 5.56 Å². The highest BCUT2D eigenvalue weighted by Gasteiger charge is 2.14. The lowest BCUT2D eigenvalue weighted by molar-refractivity contribution is 0.0945. The second-order valence-corrected chi connectivity index (χ2v) is 6.87. The molecule has 0 atom stereocenters. The molecular formula is C23H23N5O5. The van der Waals surface area contributed by atoms with Gasteiger partial charge in [-0.05, 0) is 30.3 Å². The molecule has 0 saturated heterocycles. The van der Waals surface area contributed by atoms with Crippen molar-refractivity contribution < 1.29 is 23.7 Å². The Morgan fingerprint density at radius 3 is 2.42 bits per heavy atom. The van der Waals surface area contributed by atoms with E-state index in [-0.39, 0.29) is 19.1 Å². The number of carbonyl (C=O) groups excluding carboxylic acids is 1. The second-order valence-electron chi connectivity index (χ2n) is 6.87. The minimum atomic E-state index is -0.267. The Hall–Kier alpha value is -4.34. The molecule has 10 heteroatoms. The molecule has 0 unspecified atom stereocenters. The molecule has 1 N–H and O–H groups in total. The van der Waals surface area contributed by atoms with Crippen LogP contribution in [0.5, 0.6) is 23.1 Å². The summed E-state index contributed by atoms with van der Waals surface area (Å²) in [5.41, 5.74) is 1.76. The Labute approximate surface area is 190 Å². The molecule has 170 valence electrons. The van der Waals surface area contributed by atoms with Crippen LogP contribution in [0.4, 0.5) is 0 Å². The highest BCUT2D eigenvalue weighted by molar-refractivity contribution is 5.95. The zero-order chi connectivity index (χ0) is 23.2. The van der Waals surface area contributed by atoms with Crippen molar-refractivity contribution in [2.45, 2.75) is 0 Å². The van der Waals surface area contributed by atoms with Gasteiger partial charge in [0.05, 0.1) is 33.4 Å². The van der Waals surface area contributed by atoms with Gasteiger partial charge in [-0.25, -0.2) is 0 Å². The maximum absolute atomic E-state index is 12.5. The van der Waals surface area contributed by atoms with E-state index in [2.05, 4.69) is 20.6 Å². The van der Waals surface area contributed by atoms with Crippen LogP contribution in [0.25, 0.3) is 17.0 Å². The molecule has 0 aliphatic rings. The van der Waals surface area contributed by atoms with Crippen molar-refractivity contribution in [3.63, 3.8) is 0 Å². The molecule has 10 nitrogen and oxygen atoms in total. The van der Waals surface area contributed by atoms with E-state index in [1.807, 2.05) is 24.3 Å². The van der Waals surface area contributed by atoms with Crippen LogP contribution >= 0.6 is 0 Å². The SMILES string of the molecule is COc1cc(OC)cc(C(=O)NCCOc2ccc3nnc(-c4ccccc4OC)n3n2)c1. The summed E-state index contributed by atoms with van der Waals surface area (Å²) in [4.78, 5) is 12.5. The lowest BCUT2D eigenvalue weighted by atomic mass is 10.2. The number of fused-ring (bicyclic) bond motifs is 1. The van der Waals surface area contributed by atoms with Gasteiger partial charge in [0.2, 0.25) is 5.88 Å². The number of amides is 1. The fourth-order valence-electron chi connectivity index (χ4n) is 3.21. The molecule has 2 heterocycles. The number of para-hydroxylation sites is 1. The van der Waals surface area contributed by atoms with E-state index >= 15 is 0 Å². The first-order chi connectivity index (χ1) is 16.1. The van der Waals surface area contributed by atoms with Crippen molar-refractivity contribution >= 4 is 11.6 Å². The highest BCUT2D eigenvalue weighted by atomic mass is 16.5. The molecule has 2 aromatic carbocycles. The Morgan fingerprint density at radius 2 is 1.70 bits per heavy atom. The summed E-state index contributed by atoms with van der Waals surface area (Å²) in [6.07, 6.45) is 0. The molecule has 0 saturated carbocycles. The predicted molar refractivity (Wildman–Crippen MR) is 120 cm³/mol. The fraction of sp³-hybridized carbons (Fsp3) is 0.217. The summed E-state index contributed by atoms with van der Waals surface area (Å²) in [7, 11) is 4.66. The number of nitrogens with one attached hydrogen (secondary N) is 1. The van der Waals surface area contributed by atoms with E-state index in [9.17, 15) is 4.79 Å². The van der Waals surface area contributed by atoms with Crippen LogP contribution in [0, 0.1) is 0 Å². The quantitative estimate of drug-likeness (QED) is 0.389. The van der Waals surface area contributed by atoms with E-state index in [0.29, 0.717) is 40.2 Å². The lowest BCUT2D eigenvalue weighted by Crippen LogP contribution is -2.28. The normalized spacial score (nSPS) is 10.6. The van der Waals surface area contributed by atoms with Gasteiger partial charge < -0.3 is 24.3 Å². The van der Waals surface area contributed by atoms with Crippen molar-refractivity contribution in [3.8, 4) is 34.5 Å². The van der Waals surface area contributed by atoms with Gasteiger partial charge in [-0.15, -0.1) is 15.3 Å². The highest BCUT2D eigenvalue weighted by Crippen LogP contribution is 2.28. The first-order valence-electron chi connectivity index (χ1n) is 10.1. The van der Waals surface area contributed by atoms with Gasteiger partial charge in [-0.1, -0.05) is 12.1 Å². The van der Waals surface area contributed by atoms with Gasteiger partial charge in [0.1, 0.15) is 23.9 Å². The molecule has 4 rings (SSSR count). The second kappa shape index (κ2) is 9.86. The number of methoxy groups -OCH3 is 3. The molecule has 0 aliphatic carbocycles. The lowest BCUT2D eigenvalue weighted by Gasteiger charge is -2.10. The molecule has 0 aliphatic heterocycles. The third-order valence-electron chi connectivity index (χ3n) is 4.84. The number of nitrogens with zero attached hydrogens (tertiary/aromatic N) is 4. The Morgan fingerprint density at radius 1 is 0.939 bits per heavy atom. The summed E-state index contributed by atoms with van der Waals surface area (Å²) < 4.78 is 23.1. The Bertz CT molecular complexity index is 1250. The van der Waals surface area contributed by atoms with Crippen LogP contribution in [0.15, 0.2) is 54.6 Å². The molecule has 2 aromatic heterocycles. The number of hydrogen-bond donors (Lipinski definition) is 1. The minimum absolute atomic E-state index is 0.220. The van der Waals surface area contributed by atoms with Crippen LogP contribution < -0.4 is 24.3 Å². The largest absolute Gasteiger partial charge is 0.497 e. The van der Waals surface area contributed by atoms with Crippen LogP contribution in [0.3, 0.4) is 0 Å². The topological polar surface area (TPSA) is 109 Å². The average molecular weight is 449 g/mol. The number of aromatic nitrogens is 4. The van der Waals surface area contributed by atoms with Crippen LogP contribution in [0.1, 0.15) is 10.4 Å². The van der Waals surface area contributed by atoms with Crippen molar-refractivity contribution in [3.05, 3.63) is 60.2 Å². The predicted octanol–water partition coefficient (Wildman–Crippen LogP) is 2.63. The molecule has 0 spiro atoms. The van der Waals surface area contributed by atoms with Crippen LogP contribution in [-0.2, 0) is 0 Å². The Balaban J connectivity index is 1.42. The van der Waals surface area contributed by atoms with Gasteiger partial charge in [0, 0.05) is 17.7 Å². The van der Waals surface area contributed by atoms with Gasteiger partial charge in [0.15, 0.2) is 11.5 Å². The fourth-order valence-corrected chi connectivity index (χ4v) is 3.21. The summed E-state index contributed by atoms with van der Waals surface area (Å²) in [5.74, 6) is 2.37. The standard InChI is InChI=1S/C23H23N5O5/c1-30-16-12-15(13-17(14-16)31-2)23(29)24-10-11-33-21-9-8-20-25-26-22(28(20)27-21)18-6-4-5-7-19(18)32-3/h4-9,12-14H,10-11H2,1-3H3,(H,24,29). The smallest absolute Gasteiger partial charge is 0.251 e. The maximum Gasteiger partial charge on any atom is 0.251 e. The molecule has 0 bridgehead atoms. The zero-order valence-corrected chi connectivity index (χ0v) is 18.4. The van der Waals surface area contributed by atoms with E-state index in [1.54, 1.807) is 42.0 Å². The van der Waals surface area contributed by atoms with E-state index in [4.69, 9.17) is 18.9 Å². The van der Waals surface area contributed by atoms with Crippen molar-refractivity contribution in [1.82, 2.24) is 25.1 Å². The first-order valence-corrected chi connectivity index (χ1v) is 10.1. The molecule has 0 radical (unpaired) electrons. The van der Waals surface area contributed by atoms with Gasteiger partial charge in [-0.3, -0.25) is 4.79 Å². The van der Waals surface area contributed by atoms with Crippen molar-refractivity contribution in [2.75, 3.05) is 34.5 Å².